The van der Waals surface area contributed by atoms with E-state index in [1.807, 2.05) is 33.9 Å². The number of rotatable bonds is 4. The average Bonchev–Trinajstić information content (AvgIpc) is 2.16. The SMILES string of the molecule is CCOC(C)(C)C(N)c1cncc(C)c1. The summed E-state index contributed by atoms with van der Waals surface area (Å²) in [5, 5.41) is 0. The van der Waals surface area contributed by atoms with Crippen molar-refractivity contribution < 1.29 is 4.74 Å². The van der Waals surface area contributed by atoms with Crippen LogP contribution in [0.25, 0.3) is 0 Å². The highest BCUT2D eigenvalue weighted by molar-refractivity contribution is 5.22. The normalized spacial score (nSPS) is 13.9. The Morgan fingerprint density at radius 1 is 1.47 bits per heavy atom. The van der Waals surface area contributed by atoms with Gasteiger partial charge in [0.1, 0.15) is 0 Å². The van der Waals surface area contributed by atoms with E-state index in [0.717, 1.165) is 11.1 Å². The third-order valence-electron chi connectivity index (χ3n) is 2.52. The van der Waals surface area contributed by atoms with Gasteiger partial charge in [-0.3, -0.25) is 4.98 Å². The van der Waals surface area contributed by atoms with Gasteiger partial charge in [0.2, 0.25) is 0 Å². The molecule has 0 aliphatic heterocycles. The van der Waals surface area contributed by atoms with E-state index in [1.165, 1.54) is 0 Å². The lowest BCUT2D eigenvalue weighted by Gasteiger charge is -2.31. The van der Waals surface area contributed by atoms with Crippen molar-refractivity contribution in [1.82, 2.24) is 4.98 Å². The highest BCUT2D eigenvalue weighted by Gasteiger charge is 2.28. The predicted molar refractivity (Wildman–Crippen MR) is 61.6 cm³/mol. The first-order chi connectivity index (χ1) is 6.97. The van der Waals surface area contributed by atoms with Crippen LogP contribution in [0.4, 0.5) is 0 Å². The Morgan fingerprint density at radius 3 is 2.67 bits per heavy atom. The summed E-state index contributed by atoms with van der Waals surface area (Å²) in [7, 11) is 0. The summed E-state index contributed by atoms with van der Waals surface area (Å²) in [5.41, 5.74) is 7.95. The molecule has 1 aromatic heterocycles. The van der Waals surface area contributed by atoms with E-state index in [9.17, 15) is 0 Å². The van der Waals surface area contributed by atoms with Crippen molar-refractivity contribution in [3.63, 3.8) is 0 Å². The van der Waals surface area contributed by atoms with Crippen LogP contribution < -0.4 is 5.73 Å². The number of aryl methyl sites for hydroxylation is 1. The van der Waals surface area contributed by atoms with Gasteiger partial charge in [-0.2, -0.15) is 0 Å². The van der Waals surface area contributed by atoms with Gasteiger partial charge in [0, 0.05) is 19.0 Å². The second-order valence-electron chi connectivity index (χ2n) is 4.31. The van der Waals surface area contributed by atoms with Gasteiger partial charge in [0.05, 0.1) is 11.6 Å². The molecule has 3 nitrogen and oxygen atoms in total. The Labute approximate surface area is 91.7 Å². The first kappa shape index (κ1) is 12.1. The first-order valence-corrected chi connectivity index (χ1v) is 5.28. The highest BCUT2D eigenvalue weighted by Crippen LogP contribution is 2.26. The molecule has 1 aromatic rings. The summed E-state index contributed by atoms with van der Waals surface area (Å²) in [4.78, 5) is 4.14. The molecule has 1 atom stereocenters. The maximum absolute atomic E-state index is 6.16. The molecule has 0 amide bonds. The van der Waals surface area contributed by atoms with Gasteiger partial charge in [-0.1, -0.05) is 6.07 Å². The highest BCUT2D eigenvalue weighted by atomic mass is 16.5. The molecule has 0 aliphatic carbocycles. The number of pyridine rings is 1. The molecule has 0 aliphatic rings. The molecule has 1 unspecified atom stereocenters. The van der Waals surface area contributed by atoms with Gasteiger partial charge >= 0.3 is 0 Å². The topological polar surface area (TPSA) is 48.1 Å². The van der Waals surface area contributed by atoms with Crippen LogP contribution in [0.1, 0.15) is 37.9 Å². The van der Waals surface area contributed by atoms with E-state index < -0.39 is 0 Å². The quantitative estimate of drug-likeness (QED) is 0.825. The monoisotopic (exact) mass is 208 g/mol. The molecule has 0 saturated heterocycles. The van der Waals surface area contributed by atoms with Crippen molar-refractivity contribution in [3.05, 3.63) is 29.6 Å². The molecular weight excluding hydrogens is 188 g/mol. The molecule has 2 N–H and O–H groups in total. The molecule has 0 spiro atoms. The number of nitrogens with zero attached hydrogens (tertiary/aromatic N) is 1. The Balaban J connectivity index is 2.88. The molecule has 0 aromatic carbocycles. The number of hydrogen-bond acceptors (Lipinski definition) is 3. The fraction of sp³-hybridized carbons (Fsp3) is 0.583. The Bertz CT molecular complexity index is 323. The van der Waals surface area contributed by atoms with E-state index in [0.29, 0.717) is 6.61 Å². The molecular formula is C12H20N2O. The Kier molecular flexibility index (Phi) is 3.83. The lowest BCUT2D eigenvalue weighted by molar-refractivity contribution is -0.0298. The van der Waals surface area contributed by atoms with Crippen LogP contribution in [-0.2, 0) is 4.74 Å². The average molecular weight is 208 g/mol. The Hall–Kier alpha value is -0.930. The Morgan fingerprint density at radius 2 is 2.13 bits per heavy atom. The zero-order valence-electron chi connectivity index (χ0n) is 9.95. The minimum atomic E-state index is -0.357. The van der Waals surface area contributed by atoms with Crippen molar-refractivity contribution in [2.45, 2.75) is 39.3 Å². The predicted octanol–water partition coefficient (Wildman–Crippen LogP) is 2.20. The second-order valence-corrected chi connectivity index (χ2v) is 4.31. The first-order valence-electron chi connectivity index (χ1n) is 5.28. The lowest BCUT2D eigenvalue weighted by atomic mass is 9.93. The summed E-state index contributed by atoms with van der Waals surface area (Å²) >= 11 is 0. The van der Waals surface area contributed by atoms with Gasteiger partial charge in [-0.15, -0.1) is 0 Å². The number of hydrogen-bond donors (Lipinski definition) is 1. The molecule has 84 valence electrons. The molecule has 0 saturated carbocycles. The summed E-state index contributed by atoms with van der Waals surface area (Å²) in [5.74, 6) is 0. The van der Waals surface area contributed by atoms with Crippen LogP contribution in [0.3, 0.4) is 0 Å². The zero-order chi connectivity index (χ0) is 11.5. The van der Waals surface area contributed by atoms with Crippen LogP contribution in [-0.4, -0.2) is 17.2 Å². The molecule has 0 radical (unpaired) electrons. The summed E-state index contributed by atoms with van der Waals surface area (Å²) < 4.78 is 5.63. The fourth-order valence-corrected chi connectivity index (χ4v) is 1.61. The van der Waals surface area contributed by atoms with Crippen molar-refractivity contribution in [3.8, 4) is 0 Å². The minimum absolute atomic E-state index is 0.148. The largest absolute Gasteiger partial charge is 0.374 e. The van der Waals surface area contributed by atoms with Gasteiger partial charge in [-0.25, -0.2) is 0 Å². The van der Waals surface area contributed by atoms with Crippen molar-refractivity contribution in [2.75, 3.05) is 6.61 Å². The maximum atomic E-state index is 6.16. The van der Waals surface area contributed by atoms with Crippen LogP contribution >= 0.6 is 0 Å². The van der Waals surface area contributed by atoms with Gasteiger partial charge in [0.15, 0.2) is 0 Å². The smallest absolute Gasteiger partial charge is 0.0818 e. The fourth-order valence-electron chi connectivity index (χ4n) is 1.61. The van der Waals surface area contributed by atoms with Crippen molar-refractivity contribution in [2.24, 2.45) is 5.73 Å². The van der Waals surface area contributed by atoms with Gasteiger partial charge < -0.3 is 10.5 Å². The minimum Gasteiger partial charge on any atom is -0.374 e. The van der Waals surface area contributed by atoms with Crippen LogP contribution in [0.2, 0.25) is 0 Å². The number of ether oxygens (including phenoxy) is 1. The molecule has 0 bridgehead atoms. The van der Waals surface area contributed by atoms with E-state index in [1.54, 1.807) is 6.20 Å². The van der Waals surface area contributed by atoms with Gasteiger partial charge in [-0.05, 0) is 38.8 Å². The zero-order valence-corrected chi connectivity index (χ0v) is 9.95. The maximum Gasteiger partial charge on any atom is 0.0818 e. The standard InChI is InChI=1S/C12H20N2O/c1-5-15-12(3,4)11(13)10-6-9(2)7-14-8-10/h6-8,11H,5,13H2,1-4H3. The van der Waals surface area contributed by atoms with E-state index in [2.05, 4.69) is 11.1 Å². The van der Waals surface area contributed by atoms with E-state index in [-0.39, 0.29) is 11.6 Å². The molecule has 0 fully saturated rings. The van der Waals surface area contributed by atoms with Crippen molar-refractivity contribution in [1.29, 1.82) is 0 Å². The number of nitrogens with two attached hydrogens (primary N) is 1. The van der Waals surface area contributed by atoms with E-state index in [4.69, 9.17) is 10.5 Å². The van der Waals surface area contributed by atoms with Crippen LogP contribution in [0.15, 0.2) is 18.5 Å². The third kappa shape index (κ3) is 3.01. The van der Waals surface area contributed by atoms with E-state index >= 15 is 0 Å². The summed E-state index contributed by atoms with van der Waals surface area (Å²) in [6.45, 7) is 8.66. The van der Waals surface area contributed by atoms with Crippen LogP contribution in [0.5, 0.6) is 0 Å². The second kappa shape index (κ2) is 4.73. The molecule has 15 heavy (non-hydrogen) atoms. The number of aromatic nitrogens is 1. The summed E-state index contributed by atoms with van der Waals surface area (Å²) in [6.07, 6.45) is 3.63. The van der Waals surface area contributed by atoms with Crippen LogP contribution in [0, 0.1) is 6.92 Å². The lowest BCUT2D eigenvalue weighted by Crippen LogP contribution is -2.38. The molecule has 3 heteroatoms. The summed E-state index contributed by atoms with van der Waals surface area (Å²) in [6, 6.07) is 1.91. The third-order valence-corrected chi connectivity index (χ3v) is 2.52. The molecule has 1 heterocycles. The van der Waals surface area contributed by atoms with Crippen molar-refractivity contribution >= 4 is 0 Å². The molecule has 1 rings (SSSR count). The van der Waals surface area contributed by atoms with Gasteiger partial charge in [0.25, 0.3) is 0 Å².